The summed E-state index contributed by atoms with van der Waals surface area (Å²) in [5, 5.41) is 9.64. The lowest BCUT2D eigenvalue weighted by Crippen LogP contribution is -1.95. The van der Waals surface area contributed by atoms with Crippen LogP contribution in [0.1, 0.15) is 5.82 Å². The highest BCUT2D eigenvalue weighted by Crippen LogP contribution is 2.28. The second-order valence-corrected chi connectivity index (χ2v) is 4.95. The summed E-state index contributed by atoms with van der Waals surface area (Å²) in [4.78, 5) is 12.1. The van der Waals surface area contributed by atoms with Crippen molar-refractivity contribution >= 4 is 16.7 Å². The molecule has 0 spiro atoms. The van der Waals surface area contributed by atoms with Crippen LogP contribution in [0.3, 0.4) is 0 Å². The number of aromatic amines is 1. The van der Waals surface area contributed by atoms with E-state index in [-0.39, 0.29) is 6.61 Å². The molecule has 3 aromatic heterocycles. The molecule has 110 valence electrons. The summed E-state index contributed by atoms with van der Waals surface area (Å²) in [6.45, 7) is -0.137. The van der Waals surface area contributed by atoms with Crippen LogP contribution in [0.4, 0.5) is 0 Å². The molecule has 4 aromatic rings. The number of aromatic nitrogens is 4. The molecule has 0 unspecified atom stereocenters. The van der Waals surface area contributed by atoms with Crippen LogP contribution in [0, 0.1) is 0 Å². The number of hydrogen-bond acceptors (Lipinski definition) is 4. The summed E-state index contributed by atoms with van der Waals surface area (Å²) in [6, 6.07) is 9.60. The molecular formula is C16H14N4O2. The molecule has 6 nitrogen and oxygen atoms in total. The summed E-state index contributed by atoms with van der Waals surface area (Å²) in [5.74, 6) is 1.38. The van der Waals surface area contributed by atoms with Crippen molar-refractivity contribution in [2.45, 2.75) is 6.61 Å². The number of hydrogen-bond donors (Lipinski definition) is 2. The van der Waals surface area contributed by atoms with Gasteiger partial charge in [0, 0.05) is 11.8 Å². The van der Waals surface area contributed by atoms with Crippen molar-refractivity contribution in [2.24, 2.45) is 0 Å². The summed E-state index contributed by atoms with van der Waals surface area (Å²) in [6.07, 6.45) is 3.59. The number of rotatable bonds is 3. The minimum Gasteiger partial charge on any atom is -0.497 e. The fourth-order valence-electron chi connectivity index (χ4n) is 2.70. The van der Waals surface area contributed by atoms with Gasteiger partial charge in [0.25, 0.3) is 0 Å². The van der Waals surface area contributed by atoms with Crippen LogP contribution < -0.4 is 4.74 Å². The normalized spacial score (nSPS) is 11.4. The Hall–Kier alpha value is -2.86. The Labute approximate surface area is 126 Å². The van der Waals surface area contributed by atoms with Crippen LogP contribution in [0.5, 0.6) is 5.75 Å². The summed E-state index contributed by atoms with van der Waals surface area (Å²) >= 11 is 0. The van der Waals surface area contributed by atoms with Gasteiger partial charge in [0.1, 0.15) is 18.2 Å². The third-order valence-corrected chi connectivity index (χ3v) is 3.75. The number of aliphatic hydroxyl groups is 1. The number of fused-ring (bicyclic) bond motifs is 3. The van der Waals surface area contributed by atoms with Crippen LogP contribution in [0.2, 0.25) is 0 Å². The first kappa shape index (κ1) is 12.8. The van der Waals surface area contributed by atoms with Crippen LogP contribution in [-0.2, 0) is 6.61 Å². The molecule has 0 saturated heterocycles. The molecule has 0 radical (unpaired) electrons. The van der Waals surface area contributed by atoms with Gasteiger partial charge < -0.3 is 14.8 Å². The number of nitrogens with one attached hydrogen (secondary N) is 1. The molecule has 2 N–H and O–H groups in total. The van der Waals surface area contributed by atoms with E-state index in [1.165, 1.54) is 0 Å². The Balaban J connectivity index is 2.01. The van der Waals surface area contributed by atoms with Crippen molar-refractivity contribution < 1.29 is 9.84 Å². The van der Waals surface area contributed by atoms with Crippen molar-refractivity contribution in [1.82, 2.24) is 19.4 Å². The lowest BCUT2D eigenvalue weighted by molar-refractivity contribution is 0.271. The zero-order valence-corrected chi connectivity index (χ0v) is 11.9. The number of nitrogens with zero attached hydrogens (tertiary/aromatic N) is 3. The largest absolute Gasteiger partial charge is 0.497 e. The highest BCUT2D eigenvalue weighted by Gasteiger charge is 2.15. The van der Waals surface area contributed by atoms with E-state index in [1.807, 2.05) is 40.9 Å². The van der Waals surface area contributed by atoms with E-state index in [1.54, 1.807) is 13.3 Å². The van der Waals surface area contributed by atoms with Crippen LogP contribution in [0.15, 0.2) is 42.7 Å². The number of benzene rings is 1. The molecule has 0 aliphatic rings. The zero-order valence-electron chi connectivity index (χ0n) is 11.9. The topological polar surface area (TPSA) is 75.4 Å². The molecule has 0 aliphatic heterocycles. The quantitative estimate of drug-likeness (QED) is 0.608. The van der Waals surface area contributed by atoms with E-state index in [0.717, 1.165) is 33.7 Å². The average Bonchev–Trinajstić information content (AvgIpc) is 3.18. The molecule has 6 heteroatoms. The summed E-state index contributed by atoms with van der Waals surface area (Å²) in [7, 11) is 1.64. The van der Waals surface area contributed by atoms with Gasteiger partial charge in [0.05, 0.1) is 30.0 Å². The number of ether oxygens (including phenoxy) is 1. The first-order chi connectivity index (χ1) is 10.8. The summed E-state index contributed by atoms with van der Waals surface area (Å²) < 4.78 is 7.11. The van der Waals surface area contributed by atoms with Gasteiger partial charge in [-0.25, -0.2) is 9.97 Å². The number of aliphatic hydroxyl groups excluding tert-OH is 1. The van der Waals surface area contributed by atoms with Gasteiger partial charge in [0.2, 0.25) is 0 Å². The minimum atomic E-state index is -0.137. The number of H-pyrrole nitrogens is 1. The maximum Gasteiger partial charge on any atom is 0.154 e. The molecule has 0 atom stereocenters. The van der Waals surface area contributed by atoms with E-state index < -0.39 is 0 Å². The van der Waals surface area contributed by atoms with Gasteiger partial charge in [-0.3, -0.25) is 4.40 Å². The summed E-state index contributed by atoms with van der Waals surface area (Å²) in [5.41, 5.74) is 4.27. The third-order valence-electron chi connectivity index (χ3n) is 3.75. The van der Waals surface area contributed by atoms with E-state index in [2.05, 4.69) is 15.0 Å². The monoisotopic (exact) mass is 294 g/mol. The second-order valence-electron chi connectivity index (χ2n) is 4.95. The SMILES string of the molecule is COc1ccc(-c2nc(CO)n3c2cnc2[nH]ccc23)cc1. The van der Waals surface area contributed by atoms with Gasteiger partial charge in [0.15, 0.2) is 5.65 Å². The minimum absolute atomic E-state index is 0.137. The maximum absolute atomic E-state index is 9.64. The molecule has 22 heavy (non-hydrogen) atoms. The van der Waals surface area contributed by atoms with Crippen LogP contribution in [-0.4, -0.2) is 31.6 Å². The van der Waals surface area contributed by atoms with Gasteiger partial charge >= 0.3 is 0 Å². The average molecular weight is 294 g/mol. The van der Waals surface area contributed by atoms with Crippen molar-refractivity contribution in [3.8, 4) is 17.0 Å². The standard InChI is InChI=1S/C16H14N4O2/c1-22-11-4-2-10(3-5-11)15-13-8-18-16-12(6-7-17-16)20(13)14(9-21)19-15/h2-8,17,21H,9H2,1H3. The molecule has 0 saturated carbocycles. The molecular weight excluding hydrogens is 280 g/mol. The number of methoxy groups -OCH3 is 1. The first-order valence-electron chi connectivity index (χ1n) is 6.90. The van der Waals surface area contributed by atoms with Crippen LogP contribution >= 0.6 is 0 Å². The smallest absolute Gasteiger partial charge is 0.154 e. The second kappa shape index (κ2) is 4.85. The Morgan fingerprint density at radius 3 is 2.73 bits per heavy atom. The van der Waals surface area contributed by atoms with Crippen molar-refractivity contribution in [2.75, 3.05) is 7.11 Å². The Morgan fingerprint density at radius 1 is 1.18 bits per heavy atom. The predicted molar refractivity (Wildman–Crippen MR) is 82.8 cm³/mol. The van der Waals surface area contributed by atoms with Gasteiger partial charge in [-0.1, -0.05) is 0 Å². The zero-order chi connectivity index (χ0) is 15.1. The molecule has 0 amide bonds. The highest BCUT2D eigenvalue weighted by atomic mass is 16.5. The lowest BCUT2D eigenvalue weighted by Gasteiger charge is -2.02. The lowest BCUT2D eigenvalue weighted by atomic mass is 10.1. The fraction of sp³-hybridized carbons (Fsp3) is 0.125. The first-order valence-corrected chi connectivity index (χ1v) is 6.90. The molecule has 0 fully saturated rings. The van der Waals surface area contributed by atoms with E-state index in [4.69, 9.17) is 4.74 Å². The Bertz CT molecular complexity index is 954. The van der Waals surface area contributed by atoms with Gasteiger partial charge in [-0.05, 0) is 30.3 Å². The molecule has 4 rings (SSSR count). The fourth-order valence-corrected chi connectivity index (χ4v) is 2.70. The van der Waals surface area contributed by atoms with Gasteiger partial charge in [-0.15, -0.1) is 0 Å². The van der Waals surface area contributed by atoms with E-state index in [0.29, 0.717) is 5.82 Å². The predicted octanol–water partition coefficient (Wildman–Crippen LogP) is 2.38. The number of imidazole rings is 1. The molecule has 1 aromatic carbocycles. The molecule has 0 aliphatic carbocycles. The maximum atomic E-state index is 9.64. The van der Waals surface area contributed by atoms with Crippen molar-refractivity contribution in [3.05, 3.63) is 48.5 Å². The van der Waals surface area contributed by atoms with Crippen molar-refractivity contribution in [1.29, 1.82) is 0 Å². The Kier molecular flexibility index (Phi) is 2.83. The van der Waals surface area contributed by atoms with E-state index >= 15 is 0 Å². The Morgan fingerprint density at radius 2 is 2.00 bits per heavy atom. The molecule has 3 heterocycles. The highest BCUT2D eigenvalue weighted by molar-refractivity contribution is 5.84. The third kappa shape index (κ3) is 1.78. The molecule has 0 bridgehead atoms. The van der Waals surface area contributed by atoms with Crippen LogP contribution in [0.25, 0.3) is 27.9 Å². The van der Waals surface area contributed by atoms with E-state index in [9.17, 15) is 5.11 Å². The van der Waals surface area contributed by atoms with Crippen molar-refractivity contribution in [3.63, 3.8) is 0 Å². The van der Waals surface area contributed by atoms with Gasteiger partial charge in [-0.2, -0.15) is 0 Å².